The summed E-state index contributed by atoms with van der Waals surface area (Å²) in [7, 11) is 0. The molecule has 0 saturated heterocycles. The molecule has 1 heterocycles. The van der Waals surface area contributed by atoms with Gasteiger partial charge in [0.1, 0.15) is 0 Å². The average Bonchev–Trinajstić information content (AvgIpc) is 2.83. The standard InChI is InChI=1S/C13H25N5O2/c1-5-17(6-2)7-8-18(9-10(3)4)13(19)11-12(14)16-20-15-11/h10H,5-9H2,1-4H3,(H2,14,16). The highest BCUT2D eigenvalue weighted by molar-refractivity contribution is 5.96. The van der Waals surface area contributed by atoms with E-state index in [9.17, 15) is 4.79 Å². The van der Waals surface area contributed by atoms with Crippen molar-refractivity contribution in [3.63, 3.8) is 0 Å². The van der Waals surface area contributed by atoms with Crippen molar-refractivity contribution in [1.82, 2.24) is 20.1 Å². The number of anilines is 1. The van der Waals surface area contributed by atoms with Gasteiger partial charge in [0, 0.05) is 19.6 Å². The highest BCUT2D eigenvalue weighted by atomic mass is 16.6. The van der Waals surface area contributed by atoms with Gasteiger partial charge in [-0.05, 0) is 29.3 Å². The highest BCUT2D eigenvalue weighted by Gasteiger charge is 2.23. The van der Waals surface area contributed by atoms with E-state index in [0.29, 0.717) is 19.0 Å². The number of likely N-dealkylation sites (N-methyl/N-ethyl adjacent to an activating group) is 1. The molecule has 7 heteroatoms. The van der Waals surface area contributed by atoms with Crippen LogP contribution < -0.4 is 5.73 Å². The monoisotopic (exact) mass is 283 g/mol. The largest absolute Gasteiger partial charge is 0.379 e. The van der Waals surface area contributed by atoms with Crippen LogP contribution >= 0.6 is 0 Å². The van der Waals surface area contributed by atoms with Gasteiger partial charge in [0.2, 0.25) is 11.5 Å². The molecule has 1 aromatic rings. The molecule has 0 aliphatic carbocycles. The zero-order valence-corrected chi connectivity index (χ0v) is 12.8. The Bertz CT molecular complexity index is 415. The molecule has 0 bridgehead atoms. The SMILES string of the molecule is CCN(CC)CCN(CC(C)C)C(=O)c1nonc1N. The number of nitrogens with two attached hydrogens (primary N) is 1. The molecule has 0 aliphatic heterocycles. The second kappa shape index (κ2) is 7.84. The average molecular weight is 283 g/mol. The summed E-state index contributed by atoms with van der Waals surface area (Å²) in [5.41, 5.74) is 5.70. The summed E-state index contributed by atoms with van der Waals surface area (Å²) in [5.74, 6) is 0.202. The Balaban J connectivity index is 2.73. The van der Waals surface area contributed by atoms with Gasteiger partial charge < -0.3 is 15.5 Å². The van der Waals surface area contributed by atoms with Crippen LogP contribution in [0.3, 0.4) is 0 Å². The van der Waals surface area contributed by atoms with E-state index in [0.717, 1.165) is 19.6 Å². The van der Waals surface area contributed by atoms with Gasteiger partial charge in [-0.1, -0.05) is 27.7 Å². The van der Waals surface area contributed by atoms with E-state index in [1.54, 1.807) is 4.90 Å². The Hall–Kier alpha value is -1.63. The second-order valence-electron chi connectivity index (χ2n) is 5.17. The minimum atomic E-state index is -0.218. The van der Waals surface area contributed by atoms with Crippen molar-refractivity contribution in [2.75, 3.05) is 38.5 Å². The molecule has 0 radical (unpaired) electrons. The summed E-state index contributed by atoms with van der Waals surface area (Å²) in [6.45, 7) is 12.4. The summed E-state index contributed by atoms with van der Waals surface area (Å²) >= 11 is 0. The van der Waals surface area contributed by atoms with Crippen molar-refractivity contribution in [2.45, 2.75) is 27.7 Å². The van der Waals surface area contributed by atoms with Crippen LogP contribution in [0.1, 0.15) is 38.2 Å². The molecule has 20 heavy (non-hydrogen) atoms. The van der Waals surface area contributed by atoms with E-state index in [-0.39, 0.29) is 17.4 Å². The van der Waals surface area contributed by atoms with E-state index < -0.39 is 0 Å². The van der Waals surface area contributed by atoms with Crippen LogP contribution in [0.2, 0.25) is 0 Å². The minimum absolute atomic E-state index is 0.0478. The molecule has 0 aromatic carbocycles. The third-order valence-corrected chi connectivity index (χ3v) is 3.17. The first-order valence-corrected chi connectivity index (χ1v) is 7.09. The van der Waals surface area contributed by atoms with E-state index in [4.69, 9.17) is 5.73 Å². The van der Waals surface area contributed by atoms with Gasteiger partial charge in [-0.3, -0.25) is 4.79 Å². The first kappa shape index (κ1) is 16.4. The Kier molecular flexibility index (Phi) is 6.44. The van der Waals surface area contributed by atoms with E-state index >= 15 is 0 Å². The molecule has 1 amide bonds. The fourth-order valence-electron chi connectivity index (χ4n) is 2.01. The van der Waals surface area contributed by atoms with E-state index in [1.807, 2.05) is 0 Å². The number of amides is 1. The van der Waals surface area contributed by atoms with Gasteiger partial charge in [-0.2, -0.15) is 0 Å². The summed E-state index contributed by atoms with van der Waals surface area (Å²) in [6.07, 6.45) is 0. The zero-order valence-electron chi connectivity index (χ0n) is 12.8. The first-order chi connectivity index (χ1) is 9.49. The van der Waals surface area contributed by atoms with Crippen LogP contribution in [0.5, 0.6) is 0 Å². The van der Waals surface area contributed by atoms with Crippen molar-refractivity contribution in [3.8, 4) is 0 Å². The lowest BCUT2D eigenvalue weighted by molar-refractivity contribution is 0.0706. The molecule has 0 unspecified atom stereocenters. The Labute approximate surface area is 120 Å². The molecule has 0 aliphatic rings. The predicted octanol–water partition coefficient (Wildman–Crippen LogP) is 1.09. The summed E-state index contributed by atoms with van der Waals surface area (Å²) in [5, 5.41) is 7.06. The third-order valence-electron chi connectivity index (χ3n) is 3.17. The van der Waals surface area contributed by atoms with Crippen molar-refractivity contribution >= 4 is 11.7 Å². The van der Waals surface area contributed by atoms with Crippen molar-refractivity contribution < 1.29 is 9.42 Å². The molecule has 0 atom stereocenters. The highest BCUT2D eigenvalue weighted by Crippen LogP contribution is 2.10. The van der Waals surface area contributed by atoms with Gasteiger partial charge in [0.05, 0.1) is 0 Å². The lowest BCUT2D eigenvalue weighted by Gasteiger charge is -2.27. The van der Waals surface area contributed by atoms with Crippen molar-refractivity contribution in [1.29, 1.82) is 0 Å². The van der Waals surface area contributed by atoms with Gasteiger partial charge >= 0.3 is 0 Å². The number of nitrogen functional groups attached to an aromatic ring is 1. The maximum atomic E-state index is 12.4. The molecule has 1 rings (SSSR count). The maximum Gasteiger partial charge on any atom is 0.280 e. The van der Waals surface area contributed by atoms with Crippen LogP contribution in [-0.2, 0) is 0 Å². The number of carbonyl (C=O) groups excluding carboxylic acids is 1. The van der Waals surface area contributed by atoms with E-state index in [1.165, 1.54) is 0 Å². The van der Waals surface area contributed by atoms with Gasteiger partial charge in [-0.15, -0.1) is 0 Å². The predicted molar refractivity (Wildman–Crippen MR) is 77.2 cm³/mol. The normalized spacial score (nSPS) is 11.3. The Morgan fingerprint density at radius 2 is 1.90 bits per heavy atom. The Morgan fingerprint density at radius 3 is 2.35 bits per heavy atom. The summed E-state index contributed by atoms with van der Waals surface area (Å²) in [6, 6.07) is 0. The van der Waals surface area contributed by atoms with Crippen molar-refractivity contribution in [3.05, 3.63) is 5.69 Å². The third kappa shape index (κ3) is 4.48. The van der Waals surface area contributed by atoms with Crippen LogP contribution in [-0.4, -0.2) is 58.7 Å². The number of hydrogen-bond acceptors (Lipinski definition) is 6. The molecule has 0 saturated carbocycles. The van der Waals surface area contributed by atoms with E-state index in [2.05, 4.69) is 47.5 Å². The molecule has 2 N–H and O–H groups in total. The minimum Gasteiger partial charge on any atom is -0.379 e. The number of rotatable bonds is 8. The molecule has 0 spiro atoms. The molecule has 0 fully saturated rings. The quantitative estimate of drug-likeness (QED) is 0.768. The Morgan fingerprint density at radius 1 is 1.25 bits per heavy atom. The summed E-state index contributed by atoms with van der Waals surface area (Å²) < 4.78 is 4.51. The first-order valence-electron chi connectivity index (χ1n) is 7.09. The number of carbonyl (C=O) groups is 1. The van der Waals surface area contributed by atoms with Gasteiger partial charge in [0.15, 0.2) is 0 Å². The molecule has 7 nitrogen and oxygen atoms in total. The number of nitrogens with zero attached hydrogens (tertiary/aromatic N) is 4. The fraction of sp³-hybridized carbons (Fsp3) is 0.769. The molecule has 1 aromatic heterocycles. The zero-order chi connectivity index (χ0) is 15.1. The number of aromatic nitrogens is 2. The molecular formula is C13H25N5O2. The van der Waals surface area contributed by atoms with Crippen molar-refractivity contribution in [2.24, 2.45) is 5.92 Å². The van der Waals surface area contributed by atoms with Crippen LogP contribution in [0.25, 0.3) is 0 Å². The lowest BCUT2D eigenvalue weighted by atomic mass is 10.2. The fourth-order valence-corrected chi connectivity index (χ4v) is 2.01. The molecular weight excluding hydrogens is 258 g/mol. The van der Waals surface area contributed by atoms with Crippen LogP contribution in [0.4, 0.5) is 5.82 Å². The topological polar surface area (TPSA) is 88.5 Å². The molecule has 114 valence electrons. The lowest BCUT2D eigenvalue weighted by Crippen LogP contribution is -2.41. The second-order valence-corrected chi connectivity index (χ2v) is 5.17. The smallest absolute Gasteiger partial charge is 0.280 e. The van der Waals surface area contributed by atoms with Crippen LogP contribution in [0, 0.1) is 5.92 Å². The summed E-state index contributed by atoms with van der Waals surface area (Å²) in [4.78, 5) is 16.4. The van der Waals surface area contributed by atoms with Gasteiger partial charge in [0.25, 0.3) is 5.91 Å². The van der Waals surface area contributed by atoms with Crippen LogP contribution in [0.15, 0.2) is 4.63 Å². The maximum absolute atomic E-state index is 12.4. The van der Waals surface area contributed by atoms with Gasteiger partial charge in [-0.25, -0.2) is 4.63 Å². The number of hydrogen-bond donors (Lipinski definition) is 1.